The molecule has 3 aromatic rings. The molecule has 3 rings (SSSR count). The number of carbonyl (C=O) groups excluding carboxylic acids is 3. The van der Waals surface area contributed by atoms with Crippen LogP contribution in [0, 0.1) is 11.7 Å². The van der Waals surface area contributed by atoms with Crippen molar-refractivity contribution in [2.24, 2.45) is 5.92 Å². The number of halogens is 1. The van der Waals surface area contributed by atoms with Gasteiger partial charge in [0.15, 0.2) is 0 Å². The Labute approximate surface area is 269 Å². The smallest absolute Gasteiger partial charge is 0.264 e. The Morgan fingerprint density at radius 1 is 0.978 bits per heavy atom. The van der Waals surface area contributed by atoms with Crippen LogP contribution in [-0.2, 0) is 37.4 Å². The van der Waals surface area contributed by atoms with E-state index >= 15 is 0 Å². The molecule has 0 aliphatic rings. The summed E-state index contributed by atoms with van der Waals surface area (Å²) in [6, 6.07) is 19.6. The van der Waals surface area contributed by atoms with Crippen LogP contribution >= 0.6 is 12.6 Å². The lowest BCUT2D eigenvalue weighted by Crippen LogP contribution is -2.40. The van der Waals surface area contributed by atoms with E-state index in [2.05, 4.69) is 17.9 Å². The minimum absolute atomic E-state index is 0.0578. The Morgan fingerprint density at radius 2 is 1.64 bits per heavy atom. The van der Waals surface area contributed by atoms with Gasteiger partial charge in [-0.3, -0.25) is 14.4 Å². The van der Waals surface area contributed by atoms with Crippen molar-refractivity contribution in [1.29, 1.82) is 0 Å². The number of carbonyl (C=O) groups is 3. The fourth-order valence-corrected chi connectivity index (χ4v) is 6.20. The molecule has 2 atom stereocenters. The molecule has 0 fully saturated rings. The number of hydrogen-bond acceptors (Lipinski definition) is 7. The number of nitrogens with zero attached hydrogens (tertiary/aromatic N) is 1. The molecular weight excluding hydrogens is 618 g/mol. The van der Waals surface area contributed by atoms with Crippen molar-refractivity contribution in [2.45, 2.75) is 57.1 Å². The quantitative estimate of drug-likeness (QED) is 0.172. The van der Waals surface area contributed by atoms with Gasteiger partial charge >= 0.3 is 0 Å². The summed E-state index contributed by atoms with van der Waals surface area (Å²) in [5.41, 5.74) is 2.18. The van der Waals surface area contributed by atoms with Crippen LogP contribution in [0.1, 0.15) is 44.2 Å². The lowest BCUT2D eigenvalue weighted by Gasteiger charge is -2.24. The SMILES string of the molecule is CCCCC(=O)N(CCNC(=O)[C@@H](CS)Cc1ccccc1F)Cc1ccc(-c2ccccc2S(=O)(=O)NC(=O)[C@H](C)O)cc1. The Hall–Kier alpha value is -3.74. The average molecular weight is 658 g/mol. The number of benzene rings is 3. The molecule has 3 N–H and O–H groups in total. The minimum atomic E-state index is -4.25. The topological polar surface area (TPSA) is 133 Å². The normalized spacial score (nSPS) is 12.6. The second-order valence-electron chi connectivity index (χ2n) is 10.7. The molecule has 0 bridgehead atoms. The number of hydrogen-bond donors (Lipinski definition) is 4. The van der Waals surface area contributed by atoms with Crippen LogP contribution in [-0.4, -0.2) is 61.1 Å². The van der Waals surface area contributed by atoms with E-state index in [0.717, 1.165) is 18.4 Å². The van der Waals surface area contributed by atoms with Crippen molar-refractivity contribution < 1.29 is 32.3 Å². The number of unbranched alkanes of at least 4 members (excludes halogenated alkanes) is 1. The van der Waals surface area contributed by atoms with Crippen molar-refractivity contribution in [3.05, 3.63) is 89.7 Å². The van der Waals surface area contributed by atoms with Gasteiger partial charge in [-0.2, -0.15) is 12.6 Å². The molecule has 242 valence electrons. The maximum atomic E-state index is 14.1. The zero-order chi connectivity index (χ0) is 33.0. The summed E-state index contributed by atoms with van der Waals surface area (Å²) in [7, 11) is -4.25. The first-order chi connectivity index (χ1) is 21.5. The van der Waals surface area contributed by atoms with Gasteiger partial charge in [0.1, 0.15) is 11.9 Å². The fraction of sp³-hybridized carbons (Fsp3) is 0.364. The predicted octanol–water partition coefficient (Wildman–Crippen LogP) is 4.10. The summed E-state index contributed by atoms with van der Waals surface area (Å²) in [6.07, 6.45) is 0.654. The van der Waals surface area contributed by atoms with Crippen LogP contribution in [0.25, 0.3) is 11.1 Å². The second-order valence-corrected chi connectivity index (χ2v) is 12.7. The molecule has 0 unspecified atom stereocenters. The number of rotatable bonds is 16. The number of amides is 3. The lowest BCUT2D eigenvalue weighted by atomic mass is 9.99. The highest BCUT2D eigenvalue weighted by atomic mass is 32.2. The summed E-state index contributed by atoms with van der Waals surface area (Å²) >= 11 is 4.29. The molecule has 0 heterocycles. The van der Waals surface area contributed by atoms with E-state index in [0.29, 0.717) is 23.1 Å². The largest absolute Gasteiger partial charge is 0.384 e. The van der Waals surface area contributed by atoms with Crippen LogP contribution in [0.4, 0.5) is 4.39 Å². The molecule has 0 spiro atoms. The highest BCUT2D eigenvalue weighted by molar-refractivity contribution is 7.90. The van der Waals surface area contributed by atoms with Crippen LogP contribution in [0.15, 0.2) is 77.7 Å². The van der Waals surface area contributed by atoms with Gasteiger partial charge in [0.2, 0.25) is 11.8 Å². The molecule has 3 aromatic carbocycles. The second kappa shape index (κ2) is 17.1. The molecule has 12 heteroatoms. The van der Waals surface area contributed by atoms with Gasteiger partial charge in [0, 0.05) is 37.4 Å². The maximum Gasteiger partial charge on any atom is 0.264 e. The Morgan fingerprint density at radius 3 is 2.29 bits per heavy atom. The molecule has 0 radical (unpaired) electrons. The molecule has 0 aliphatic carbocycles. The predicted molar refractivity (Wildman–Crippen MR) is 174 cm³/mol. The summed E-state index contributed by atoms with van der Waals surface area (Å²) in [5.74, 6) is -2.02. The van der Waals surface area contributed by atoms with Crippen molar-refractivity contribution in [1.82, 2.24) is 14.9 Å². The molecule has 0 saturated heterocycles. The molecule has 45 heavy (non-hydrogen) atoms. The molecule has 9 nitrogen and oxygen atoms in total. The third-order valence-corrected chi connectivity index (χ3v) is 9.07. The zero-order valence-electron chi connectivity index (χ0n) is 25.4. The minimum Gasteiger partial charge on any atom is -0.384 e. The molecule has 3 amide bonds. The van der Waals surface area contributed by atoms with Crippen molar-refractivity contribution in [2.75, 3.05) is 18.8 Å². The average Bonchev–Trinajstić information content (AvgIpc) is 3.02. The van der Waals surface area contributed by atoms with Gasteiger partial charge in [-0.15, -0.1) is 0 Å². The number of aliphatic hydroxyl groups is 1. The van der Waals surface area contributed by atoms with Gasteiger partial charge in [0.25, 0.3) is 15.9 Å². The highest BCUT2D eigenvalue weighted by Crippen LogP contribution is 2.28. The molecule has 0 aliphatic heterocycles. The maximum absolute atomic E-state index is 14.1. The Balaban J connectivity index is 1.71. The first-order valence-electron chi connectivity index (χ1n) is 14.8. The Bertz CT molecular complexity index is 1560. The van der Waals surface area contributed by atoms with Gasteiger partial charge < -0.3 is 15.3 Å². The van der Waals surface area contributed by atoms with Crippen LogP contribution in [0.3, 0.4) is 0 Å². The van der Waals surface area contributed by atoms with E-state index in [1.165, 1.54) is 25.1 Å². The van der Waals surface area contributed by atoms with Crippen LogP contribution in [0.2, 0.25) is 0 Å². The number of aliphatic hydroxyl groups excluding tert-OH is 1. The molecular formula is C33H40FN3O6S2. The van der Waals surface area contributed by atoms with Crippen molar-refractivity contribution in [3.63, 3.8) is 0 Å². The third kappa shape index (κ3) is 10.4. The van der Waals surface area contributed by atoms with Crippen molar-refractivity contribution >= 4 is 40.4 Å². The molecule has 0 saturated carbocycles. The highest BCUT2D eigenvalue weighted by Gasteiger charge is 2.24. The van der Waals surface area contributed by atoms with E-state index < -0.39 is 28.0 Å². The molecule has 0 aromatic heterocycles. The summed E-state index contributed by atoms with van der Waals surface area (Å²) in [6.45, 7) is 3.91. The fourth-order valence-electron chi connectivity index (χ4n) is 4.63. The summed E-state index contributed by atoms with van der Waals surface area (Å²) in [4.78, 5) is 39.4. The summed E-state index contributed by atoms with van der Waals surface area (Å²) < 4.78 is 41.8. The standard InChI is InChI=1S/C33H40FN3O6S2/c1-3-4-13-31(39)37(19-18-35-33(41)27(22-44)20-26-9-5-7-11-29(26)34)21-24-14-16-25(17-15-24)28-10-6-8-12-30(28)45(42,43)36-32(40)23(2)38/h5-12,14-17,23,27,38,44H,3-4,13,18-22H2,1-2H3,(H,35,41)(H,36,40)/t23-,27+/m0/s1. The zero-order valence-corrected chi connectivity index (χ0v) is 27.1. The monoisotopic (exact) mass is 657 g/mol. The lowest BCUT2D eigenvalue weighted by molar-refractivity contribution is -0.132. The van der Waals surface area contributed by atoms with E-state index in [4.69, 9.17) is 0 Å². The van der Waals surface area contributed by atoms with Gasteiger partial charge in [0.05, 0.1) is 10.8 Å². The van der Waals surface area contributed by atoms with E-state index in [1.54, 1.807) is 59.5 Å². The summed E-state index contributed by atoms with van der Waals surface area (Å²) in [5, 5.41) is 12.3. The number of nitrogens with one attached hydrogen (secondary N) is 2. The number of sulfonamides is 1. The van der Waals surface area contributed by atoms with E-state index in [9.17, 15) is 32.3 Å². The number of thiol groups is 1. The van der Waals surface area contributed by atoms with Gasteiger partial charge in [-0.25, -0.2) is 17.5 Å². The van der Waals surface area contributed by atoms with E-state index in [-0.39, 0.29) is 54.3 Å². The van der Waals surface area contributed by atoms with E-state index in [1.807, 2.05) is 11.6 Å². The third-order valence-electron chi connectivity index (χ3n) is 7.22. The van der Waals surface area contributed by atoms with Crippen LogP contribution < -0.4 is 10.0 Å². The first-order valence-corrected chi connectivity index (χ1v) is 16.9. The van der Waals surface area contributed by atoms with Gasteiger partial charge in [-0.1, -0.05) is 74.0 Å². The Kier molecular flexibility index (Phi) is 13.6. The van der Waals surface area contributed by atoms with Gasteiger partial charge in [-0.05, 0) is 48.6 Å². The van der Waals surface area contributed by atoms with Crippen LogP contribution in [0.5, 0.6) is 0 Å². The van der Waals surface area contributed by atoms with Crippen molar-refractivity contribution in [3.8, 4) is 11.1 Å². The first kappa shape index (κ1) is 35.7.